The van der Waals surface area contributed by atoms with Gasteiger partial charge in [-0.05, 0) is 49.7 Å². The number of aromatic nitrogens is 1. The lowest BCUT2D eigenvalue weighted by molar-refractivity contribution is 0.0945. The van der Waals surface area contributed by atoms with Gasteiger partial charge in [0.2, 0.25) is 12.7 Å². The van der Waals surface area contributed by atoms with Gasteiger partial charge in [0.15, 0.2) is 17.2 Å². The normalized spacial score (nSPS) is 12.3. The van der Waals surface area contributed by atoms with Crippen LogP contribution in [0.25, 0.3) is 0 Å². The Hall–Kier alpha value is -3.72. The highest BCUT2D eigenvalue weighted by Gasteiger charge is 2.19. The molecule has 0 radical (unpaired) electrons. The number of rotatable bonds is 10. The molecular weight excluding hydrogens is 438 g/mol. The molecule has 9 heteroatoms. The maximum absolute atomic E-state index is 12.6. The van der Waals surface area contributed by atoms with Crippen LogP contribution in [0.3, 0.4) is 0 Å². The van der Waals surface area contributed by atoms with Crippen LogP contribution in [0.4, 0.5) is 0 Å². The Morgan fingerprint density at radius 2 is 1.91 bits per heavy atom. The number of benzene rings is 2. The van der Waals surface area contributed by atoms with Crippen LogP contribution in [0.1, 0.15) is 41.4 Å². The quantitative estimate of drug-likeness (QED) is 0.482. The zero-order valence-corrected chi connectivity index (χ0v) is 19.8. The fourth-order valence-electron chi connectivity index (χ4n) is 3.63. The standard InChI is InChI=1S/C25H29N3O6/c1-16(2)28(12-18-10-19(30-3)6-8-21(18)31-4)13-24-27-20(14-32-24)25(29)26-11-17-5-7-22-23(9-17)34-15-33-22/h5-10,14,16H,11-13,15H2,1-4H3,(H,26,29). The maximum Gasteiger partial charge on any atom is 0.273 e. The molecular formula is C25H29N3O6. The molecule has 0 unspecified atom stereocenters. The summed E-state index contributed by atoms with van der Waals surface area (Å²) >= 11 is 0. The largest absolute Gasteiger partial charge is 0.497 e. The fourth-order valence-corrected chi connectivity index (χ4v) is 3.63. The molecule has 2 aromatic carbocycles. The molecule has 0 fully saturated rings. The Balaban J connectivity index is 1.39. The molecule has 0 spiro atoms. The van der Waals surface area contributed by atoms with E-state index < -0.39 is 0 Å². The predicted molar refractivity (Wildman–Crippen MR) is 124 cm³/mol. The summed E-state index contributed by atoms with van der Waals surface area (Å²) in [5.41, 5.74) is 2.13. The molecule has 0 atom stereocenters. The highest BCUT2D eigenvalue weighted by Crippen LogP contribution is 2.32. The first-order valence-corrected chi connectivity index (χ1v) is 11.0. The summed E-state index contributed by atoms with van der Waals surface area (Å²) < 4.78 is 27.2. The van der Waals surface area contributed by atoms with Crippen molar-refractivity contribution in [2.45, 2.75) is 39.5 Å². The summed E-state index contributed by atoms with van der Waals surface area (Å²) in [6.07, 6.45) is 1.38. The van der Waals surface area contributed by atoms with Gasteiger partial charge >= 0.3 is 0 Å². The van der Waals surface area contributed by atoms with Gasteiger partial charge < -0.3 is 28.7 Å². The SMILES string of the molecule is COc1ccc(OC)c(CN(Cc2nc(C(=O)NCc3ccc4c(c3)OCO4)co2)C(C)C)c1. The Morgan fingerprint density at radius 1 is 1.09 bits per heavy atom. The van der Waals surface area contributed by atoms with E-state index >= 15 is 0 Å². The third kappa shape index (κ3) is 5.43. The van der Waals surface area contributed by atoms with E-state index in [0.717, 1.165) is 22.6 Å². The zero-order valence-electron chi connectivity index (χ0n) is 19.8. The zero-order chi connectivity index (χ0) is 24.1. The van der Waals surface area contributed by atoms with Gasteiger partial charge in [0.05, 0.1) is 20.8 Å². The van der Waals surface area contributed by atoms with Gasteiger partial charge in [-0.2, -0.15) is 0 Å². The first-order chi connectivity index (χ1) is 16.5. The van der Waals surface area contributed by atoms with Crippen molar-refractivity contribution in [3.05, 3.63) is 65.4 Å². The molecule has 0 aliphatic carbocycles. The summed E-state index contributed by atoms with van der Waals surface area (Å²) in [7, 11) is 3.28. The van der Waals surface area contributed by atoms with Crippen molar-refractivity contribution in [1.29, 1.82) is 0 Å². The van der Waals surface area contributed by atoms with E-state index in [4.69, 9.17) is 23.4 Å². The molecule has 34 heavy (non-hydrogen) atoms. The average molecular weight is 468 g/mol. The molecule has 3 aromatic rings. The van der Waals surface area contributed by atoms with E-state index in [2.05, 4.69) is 29.0 Å². The van der Waals surface area contributed by atoms with Crippen LogP contribution in [0.2, 0.25) is 0 Å². The van der Waals surface area contributed by atoms with Crippen LogP contribution < -0.4 is 24.3 Å². The van der Waals surface area contributed by atoms with Gasteiger partial charge in [-0.25, -0.2) is 4.98 Å². The molecule has 180 valence electrons. The molecule has 1 aliphatic heterocycles. The molecule has 1 N–H and O–H groups in total. The second kappa shape index (κ2) is 10.5. The number of amides is 1. The Kier molecular flexibility index (Phi) is 7.22. The summed E-state index contributed by atoms with van der Waals surface area (Å²) in [4.78, 5) is 19.2. The lowest BCUT2D eigenvalue weighted by Crippen LogP contribution is -2.30. The minimum Gasteiger partial charge on any atom is -0.497 e. The molecule has 1 aliphatic rings. The Labute approximate surface area is 198 Å². The van der Waals surface area contributed by atoms with E-state index in [-0.39, 0.29) is 24.4 Å². The summed E-state index contributed by atoms with van der Waals surface area (Å²) in [6, 6.07) is 11.5. The lowest BCUT2D eigenvalue weighted by Gasteiger charge is -2.26. The van der Waals surface area contributed by atoms with Crippen molar-refractivity contribution >= 4 is 5.91 Å². The van der Waals surface area contributed by atoms with E-state index in [1.54, 1.807) is 14.2 Å². The third-order valence-corrected chi connectivity index (χ3v) is 5.60. The Bertz CT molecular complexity index is 1140. The fraction of sp³-hybridized carbons (Fsp3) is 0.360. The van der Waals surface area contributed by atoms with Crippen LogP contribution in [-0.4, -0.2) is 42.8 Å². The van der Waals surface area contributed by atoms with Crippen molar-refractivity contribution in [3.63, 3.8) is 0 Å². The van der Waals surface area contributed by atoms with Crippen LogP contribution >= 0.6 is 0 Å². The number of oxazole rings is 1. The number of fused-ring (bicyclic) bond motifs is 1. The molecule has 4 rings (SSSR count). The lowest BCUT2D eigenvalue weighted by atomic mass is 10.1. The first kappa shape index (κ1) is 23.4. The van der Waals surface area contributed by atoms with Crippen molar-refractivity contribution in [1.82, 2.24) is 15.2 Å². The van der Waals surface area contributed by atoms with E-state index in [9.17, 15) is 4.79 Å². The number of carbonyl (C=O) groups excluding carboxylic acids is 1. The predicted octanol–water partition coefficient (Wildman–Crippen LogP) is 3.76. The smallest absolute Gasteiger partial charge is 0.273 e. The van der Waals surface area contributed by atoms with Crippen molar-refractivity contribution < 1.29 is 28.2 Å². The second-order valence-corrected chi connectivity index (χ2v) is 8.17. The van der Waals surface area contributed by atoms with Gasteiger partial charge in [0.1, 0.15) is 17.8 Å². The monoisotopic (exact) mass is 467 g/mol. The molecule has 9 nitrogen and oxygen atoms in total. The average Bonchev–Trinajstić information content (AvgIpc) is 3.51. The van der Waals surface area contributed by atoms with Gasteiger partial charge in [0, 0.05) is 24.7 Å². The van der Waals surface area contributed by atoms with Gasteiger partial charge in [-0.3, -0.25) is 9.69 Å². The van der Waals surface area contributed by atoms with Crippen molar-refractivity contribution in [3.8, 4) is 23.0 Å². The van der Waals surface area contributed by atoms with E-state index in [0.29, 0.717) is 37.0 Å². The molecule has 0 saturated heterocycles. The van der Waals surface area contributed by atoms with E-state index in [1.807, 2.05) is 36.4 Å². The van der Waals surface area contributed by atoms with Crippen LogP contribution in [0.15, 0.2) is 47.1 Å². The molecule has 2 heterocycles. The van der Waals surface area contributed by atoms with Crippen LogP contribution in [0, 0.1) is 0 Å². The van der Waals surface area contributed by atoms with Crippen molar-refractivity contribution in [2.75, 3.05) is 21.0 Å². The number of hydrogen-bond donors (Lipinski definition) is 1. The molecule has 0 bridgehead atoms. The topological polar surface area (TPSA) is 95.3 Å². The second-order valence-electron chi connectivity index (χ2n) is 8.17. The van der Waals surface area contributed by atoms with E-state index in [1.165, 1.54) is 6.26 Å². The van der Waals surface area contributed by atoms with Gasteiger partial charge in [-0.1, -0.05) is 6.07 Å². The molecule has 0 saturated carbocycles. The number of nitrogens with one attached hydrogen (secondary N) is 1. The third-order valence-electron chi connectivity index (χ3n) is 5.60. The summed E-state index contributed by atoms with van der Waals surface area (Å²) in [5.74, 6) is 3.08. The maximum atomic E-state index is 12.6. The summed E-state index contributed by atoms with van der Waals surface area (Å²) in [6.45, 7) is 5.78. The number of nitrogens with zero attached hydrogens (tertiary/aromatic N) is 2. The summed E-state index contributed by atoms with van der Waals surface area (Å²) in [5, 5.41) is 2.86. The minimum atomic E-state index is -0.307. The van der Waals surface area contributed by atoms with Gasteiger partial charge in [0.25, 0.3) is 5.91 Å². The first-order valence-electron chi connectivity index (χ1n) is 11.0. The number of hydrogen-bond acceptors (Lipinski definition) is 8. The van der Waals surface area contributed by atoms with Crippen molar-refractivity contribution in [2.24, 2.45) is 0 Å². The van der Waals surface area contributed by atoms with Gasteiger partial charge in [-0.15, -0.1) is 0 Å². The van der Waals surface area contributed by atoms with Crippen LogP contribution in [-0.2, 0) is 19.6 Å². The number of methoxy groups -OCH3 is 2. The highest BCUT2D eigenvalue weighted by atomic mass is 16.7. The Morgan fingerprint density at radius 3 is 2.68 bits per heavy atom. The highest BCUT2D eigenvalue weighted by molar-refractivity contribution is 5.91. The number of carbonyl (C=O) groups is 1. The van der Waals surface area contributed by atoms with Crippen LogP contribution in [0.5, 0.6) is 23.0 Å². The number of ether oxygens (including phenoxy) is 4. The minimum absolute atomic E-state index is 0.200. The molecule has 1 aromatic heterocycles. The molecule has 1 amide bonds.